The van der Waals surface area contributed by atoms with E-state index in [4.69, 9.17) is 0 Å². The summed E-state index contributed by atoms with van der Waals surface area (Å²) < 4.78 is 0. The third kappa shape index (κ3) is 3.85. The fraction of sp³-hybridized carbons (Fsp3) is 0.611. The van der Waals surface area contributed by atoms with Crippen LogP contribution in [0, 0.1) is 5.92 Å². The first-order valence-corrected chi connectivity index (χ1v) is 8.49. The third-order valence-corrected chi connectivity index (χ3v) is 4.93. The highest BCUT2D eigenvalue weighted by molar-refractivity contribution is 5.79. The maximum atomic E-state index is 12.7. The van der Waals surface area contributed by atoms with Gasteiger partial charge in [0.1, 0.15) is 6.54 Å². The van der Waals surface area contributed by atoms with Crippen molar-refractivity contribution in [3.05, 3.63) is 35.9 Å². The lowest BCUT2D eigenvalue weighted by Gasteiger charge is -2.34. The molecule has 114 valence electrons. The van der Waals surface area contributed by atoms with Crippen molar-refractivity contribution in [3.63, 3.8) is 0 Å². The van der Waals surface area contributed by atoms with Crippen LogP contribution in [-0.4, -0.2) is 37.0 Å². The monoisotopic (exact) mass is 287 g/mol. The van der Waals surface area contributed by atoms with Crippen molar-refractivity contribution in [1.82, 2.24) is 4.90 Å². The molecule has 2 fully saturated rings. The Morgan fingerprint density at radius 3 is 2.62 bits per heavy atom. The lowest BCUT2D eigenvalue weighted by Crippen LogP contribution is -3.12. The zero-order valence-electron chi connectivity index (χ0n) is 12.9. The highest BCUT2D eigenvalue weighted by Crippen LogP contribution is 2.16. The maximum Gasteiger partial charge on any atom is 0.231 e. The van der Waals surface area contributed by atoms with E-state index in [1.807, 2.05) is 0 Å². The van der Waals surface area contributed by atoms with Gasteiger partial charge in [0.25, 0.3) is 0 Å². The molecule has 21 heavy (non-hydrogen) atoms. The van der Waals surface area contributed by atoms with E-state index in [9.17, 15) is 4.79 Å². The highest BCUT2D eigenvalue weighted by atomic mass is 16.2. The van der Waals surface area contributed by atoms with E-state index in [1.165, 1.54) is 37.8 Å². The number of carbonyl (C=O) groups excluding carboxylic acids is 1. The van der Waals surface area contributed by atoms with Crippen LogP contribution >= 0.6 is 0 Å². The van der Waals surface area contributed by atoms with Gasteiger partial charge in [-0.2, -0.15) is 0 Å². The Morgan fingerprint density at radius 1 is 1.10 bits per heavy atom. The van der Waals surface area contributed by atoms with E-state index in [-0.39, 0.29) is 5.92 Å². The van der Waals surface area contributed by atoms with E-state index in [1.54, 1.807) is 4.90 Å². The summed E-state index contributed by atoms with van der Waals surface area (Å²) in [5.41, 5.74) is 1.39. The van der Waals surface area contributed by atoms with Crippen LogP contribution in [0.25, 0.3) is 0 Å². The van der Waals surface area contributed by atoms with Crippen molar-refractivity contribution < 1.29 is 9.69 Å². The zero-order chi connectivity index (χ0) is 14.5. The number of hydrogen-bond acceptors (Lipinski definition) is 1. The highest BCUT2D eigenvalue weighted by Gasteiger charge is 2.32. The van der Waals surface area contributed by atoms with Gasteiger partial charge < -0.3 is 9.80 Å². The van der Waals surface area contributed by atoms with Crippen molar-refractivity contribution in [2.75, 3.05) is 26.2 Å². The van der Waals surface area contributed by atoms with Crippen molar-refractivity contribution in [2.45, 2.75) is 38.6 Å². The number of nitrogens with one attached hydrogen (secondary N) is 1. The standard InChI is InChI=1S/C18H26N2O/c21-18(20-12-5-2-6-13-20)17-10-7-11-19(15-17)14-16-8-3-1-4-9-16/h1,3-4,8-9,17H,2,5-7,10-15H2/p+1. The van der Waals surface area contributed by atoms with Crippen LogP contribution in [0.2, 0.25) is 0 Å². The Balaban J connectivity index is 1.56. The molecule has 2 saturated heterocycles. The molecular formula is C18H27N2O+. The molecule has 0 saturated carbocycles. The number of piperidine rings is 2. The molecule has 2 heterocycles. The normalized spacial score (nSPS) is 26.6. The first kappa shape index (κ1) is 14.6. The number of quaternary nitrogens is 1. The fourth-order valence-corrected chi connectivity index (χ4v) is 3.78. The van der Waals surface area contributed by atoms with Crippen LogP contribution in [0.1, 0.15) is 37.7 Å². The number of amides is 1. The molecule has 1 aromatic carbocycles. The van der Waals surface area contributed by atoms with Crippen molar-refractivity contribution in [1.29, 1.82) is 0 Å². The van der Waals surface area contributed by atoms with Gasteiger partial charge in [-0.05, 0) is 32.1 Å². The van der Waals surface area contributed by atoms with Gasteiger partial charge >= 0.3 is 0 Å². The van der Waals surface area contributed by atoms with Gasteiger partial charge in [0.15, 0.2) is 0 Å². The van der Waals surface area contributed by atoms with Gasteiger partial charge in [-0.3, -0.25) is 4.79 Å². The Kier molecular flexibility index (Phi) is 4.91. The summed E-state index contributed by atoms with van der Waals surface area (Å²) in [6.45, 7) is 5.26. The van der Waals surface area contributed by atoms with Crippen LogP contribution in [0.4, 0.5) is 0 Å². The average Bonchev–Trinajstić information content (AvgIpc) is 2.56. The molecule has 3 heteroatoms. The molecule has 2 aliphatic rings. The van der Waals surface area contributed by atoms with Gasteiger partial charge in [0.05, 0.1) is 19.0 Å². The van der Waals surface area contributed by atoms with E-state index >= 15 is 0 Å². The molecule has 2 unspecified atom stereocenters. The average molecular weight is 287 g/mol. The summed E-state index contributed by atoms with van der Waals surface area (Å²) in [5, 5.41) is 0. The molecule has 1 amide bonds. The molecular weight excluding hydrogens is 260 g/mol. The minimum atomic E-state index is 0.260. The molecule has 2 aliphatic heterocycles. The third-order valence-electron chi connectivity index (χ3n) is 4.93. The Morgan fingerprint density at radius 2 is 1.86 bits per heavy atom. The first-order valence-electron chi connectivity index (χ1n) is 8.49. The largest absolute Gasteiger partial charge is 0.342 e. The van der Waals surface area contributed by atoms with Crippen molar-refractivity contribution in [2.24, 2.45) is 5.92 Å². The molecule has 0 aromatic heterocycles. The number of nitrogens with zero attached hydrogens (tertiary/aromatic N) is 1. The van der Waals surface area contributed by atoms with Gasteiger partial charge in [0.2, 0.25) is 5.91 Å². The second-order valence-corrected chi connectivity index (χ2v) is 6.59. The van der Waals surface area contributed by atoms with Crippen molar-refractivity contribution in [3.8, 4) is 0 Å². The number of carbonyl (C=O) groups is 1. The van der Waals surface area contributed by atoms with E-state index < -0.39 is 0 Å². The second-order valence-electron chi connectivity index (χ2n) is 6.59. The Bertz CT molecular complexity index is 454. The Labute approximate surface area is 127 Å². The first-order chi connectivity index (χ1) is 10.3. The smallest absolute Gasteiger partial charge is 0.231 e. The maximum absolute atomic E-state index is 12.7. The van der Waals surface area contributed by atoms with Crippen LogP contribution in [-0.2, 0) is 11.3 Å². The molecule has 3 rings (SSSR count). The van der Waals surface area contributed by atoms with Crippen LogP contribution in [0.3, 0.4) is 0 Å². The minimum Gasteiger partial charge on any atom is -0.342 e. The number of rotatable bonds is 3. The predicted octanol–water partition coefficient (Wildman–Crippen LogP) is 1.49. The topological polar surface area (TPSA) is 24.8 Å². The molecule has 2 atom stereocenters. The predicted molar refractivity (Wildman–Crippen MR) is 84.0 cm³/mol. The van der Waals surface area contributed by atoms with Crippen LogP contribution < -0.4 is 4.90 Å². The van der Waals surface area contributed by atoms with Crippen LogP contribution in [0.15, 0.2) is 30.3 Å². The number of hydrogen-bond donors (Lipinski definition) is 1. The van der Waals surface area contributed by atoms with E-state index in [0.717, 1.165) is 32.6 Å². The summed E-state index contributed by atoms with van der Waals surface area (Å²) in [6, 6.07) is 10.7. The molecule has 0 spiro atoms. The quantitative estimate of drug-likeness (QED) is 0.895. The molecule has 3 nitrogen and oxygen atoms in total. The molecule has 1 N–H and O–H groups in total. The van der Waals surface area contributed by atoms with Gasteiger partial charge in [-0.1, -0.05) is 30.3 Å². The molecule has 0 radical (unpaired) electrons. The summed E-state index contributed by atoms with van der Waals surface area (Å²) in [6.07, 6.45) is 5.96. The molecule has 0 aliphatic carbocycles. The lowest BCUT2D eigenvalue weighted by molar-refractivity contribution is -0.921. The van der Waals surface area contributed by atoms with E-state index in [2.05, 4.69) is 35.2 Å². The van der Waals surface area contributed by atoms with Gasteiger partial charge in [-0.15, -0.1) is 0 Å². The summed E-state index contributed by atoms with van der Waals surface area (Å²) in [5.74, 6) is 0.690. The lowest BCUT2D eigenvalue weighted by atomic mass is 9.95. The molecule has 1 aromatic rings. The summed E-state index contributed by atoms with van der Waals surface area (Å²) >= 11 is 0. The zero-order valence-corrected chi connectivity index (χ0v) is 12.9. The molecule has 0 bridgehead atoms. The minimum absolute atomic E-state index is 0.260. The second kappa shape index (κ2) is 7.08. The number of likely N-dealkylation sites (tertiary alicyclic amines) is 2. The van der Waals surface area contributed by atoms with Crippen LogP contribution in [0.5, 0.6) is 0 Å². The van der Waals surface area contributed by atoms with E-state index in [0.29, 0.717) is 5.91 Å². The van der Waals surface area contributed by atoms with Gasteiger partial charge in [-0.25, -0.2) is 0 Å². The Hall–Kier alpha value is -1.35. The number of benzene rings is 1. The van der Waals surface area contributed by atoms with Crippen molar-refractivity contribution >= 4 is 5.91 Å². The fourth-order valence-electron chi connectivity index (χ4n) is 3.78. The van der Waals surface area contributed by atoms with Gasteiger partial charge in [0, 0.05) is 18.7 Å². The SMILES string of the molecule is O=C(C1CCC[NH+](Cc2ccccc2)C1)N1CCCCC1. The summed E-state index contributed by atoms with van der Waals surface area (Å²) in [7, 11) is 0. The summed E-state index contributed by atoms with van der Waals surface area (Å²) in [4.78, 5) is 16.4.